The van der Waals surface area contributed by atoms with Crippen LogP contribution in [0.2, 0.25) is 0 Å². The normalized spacial score (nSPS) is 15.5. The fraction of sp³-hybridized carbons (Fsp3) is 0.889. The molecule has 1 amide bonds. The standard InChI is InChI=1S/C9H20N2O2/c1-6(2)4-8(10)9(13)11-5-7(3)12/h6-8,12H,4-5,10H2,1-3H3,(H,11,13)/t7?,8-/m1/s1. The predicted molar refractivity (Wildman–Crippen MR) is 52.1 cm³/mol. The van der Waals surface area contributed by atoms with Gasteiger partial charge in [-0.15, -0.1) is 0 Å². The number of carbonyl (C=O) groups is 1. The molecule has 4 N–H and O–H groups in total. The van der Waals surface area contributed by atoms with Crippen LogP contribution in [-0.2, 0) is 4.79 Å². The second-order valence-electron chi connectivity index (χ2n) is 3.83. The van der Waals surface area contributed by atoms with E-state index in [0.717, 1.165) is 0 Å². The van der Waals surface area contributed by atoms with E-state index in [2.05, 4.69) is 5.32 Å². The minimum absolute atomic E-state index is 0.186. The Hall–Kier alpha value is -0.610. The van der Waals surface area contributed by atoms with Crippen molar-refractivity contribution in [2.75, 3.05) is 6.54 Å². The van der Waals surface area contributed by atoms with Crippen LogP contribution in [-0.4, -0.2) is 29.7 Å². The topological polar surface area (TPSA) is 75.4 Å². The molecule has 0 bridgehead atoms. The maximum atomic E-state index is 11.2. The predicted octanol–water partition coefficient (Wildman–Crippen LogP) is -0.143. The number of carbonyl (C=O) groups excluding carboxylic acids is 1. The van der Waals surface area contributed by atoms with Crippen LogP contribution in [0.3, 0.4) is 0 Å². The van der Waals surface area contributed by atoms with Crippen molar-refractivity contribution in [3.8, 4) is 0 Å². The number of aliphatic hydroxyl groups excluding tert-OH is 1. The second kappa shape index (κ2) is 5.94. The molecule has 0 aromatic rings. The van der Waals surface area contributed by atoms with E-state index in [1.165, 1.54) is 0 Å². The van der Waals surface area contributed by atoms with E-state index in [4.69, 9.17) is 10.8 Å². The lowest BCUT2D eigenvalue weighted by Crippen LogP contribution is -2.43. The average molecular weight is 188 g/mol. The third-order valence-electron chi connectivity index (χ3n) is 1.63. The zero-order chi connectivity index (χ0) is 10.4. The summed E-state index contributed by atoms with van der Waals surface area (Å²) in [6, 6.07) is -0.459. The second-order valence-corrected chi connectivity index (χ2v) is 3.83. The Morgan fingerprint density at radius 3 is 2.38 bits per heavy atom. The van der Waals surface area contributed by atoms with E-state index in [1.807, 2.05) is 13.8 Å². The molecule has 0 rings (SSSR count). The molecule has 0 saturated heterocycles. The monoisotopic (exact) mass is 188 g/mol. The lowest BCUT2D eigenvalue weighted by molar-refractivity contribution is -0.123. The van der Waals surface area contributed by atoms with Crippen LogP contribution in [0.1, 0.15) is 27.2 Å². The molecule has 4 heteroatoms. The lowest BCUT2D eigenvalue weighted by Gasteiger charge is -2.14. The number of rotatable bonds is 5. The molecule has 0 saturated carbocycles. The number of amides is 1. The van der Waals surface area contributed by atoms with Crippen LogP contribution >= 0.6 is 0 Å². The Morgan fingerprint density at radius 2 is 2.00 bits per heavy atom. The van der Waals surface area contributed by atoms with Crippen molar-refractivity contribution >= 4 is 5.91 Å². The van der Waals surface area contributed by atoms with Gasteiger partial charge in [-0.25, -0.2) is 0 Å². The molecular formula is C9H20N2O2. The molecule has 1 unspecified atom stereocenters. The van der Waals surface area contributed by atoms with E-state index in [0.29, 0.717) is 12.3 Å². The fourth-order valence-corrected chi connectivity index (χ4v) is 0.994. The zero-order valence-electron chi connectivity index (χ0n) is 8.58. The van der Waals surface area contributed by atoms with Gasteiger partial charge in [0.25, 0.3) is 0 Å². The van der Waals surface area contributed by atoms with Crippen molar-refractivity contribution in [3.05, 3.63) is 0 Å². The quantitative estimate of drug-likeness (QED) is 0.562. The Bertz CT molecular complexity index is 158. The molecular weight excluding hydrogens is 168 g/mol. The van der Waals surface area contributed by atoms with Gasteiger partial charge in [0.15, 0.2) is 0 Å². The molecule has 78 valence electrons. The number of hydrogen-bond acceptors (Lipinski definition) is 3. The summed E-state index contributed by atoms with van der Waals surface area (Å²) < 4.78 is 0. The van der Waals surface area contributed by atoms with Gasteiger partial charge in [0.1, 0.15) is 0 Å². The van der Waals surface area contributed by atoms with Gasteiger partial charge in [-0.2, -0.15) is 0 Å². The SMILES string of the molecule is CC(C)C[C@@H](N)C(=O)NCC(C)O. The maximum Gasteiger partial charge on any atom is 0.237 e. The number of hydrogen-bond donors (Lipinski definition) is 3. The Kier molecular flexibility index (Phi) is 5.66. The summed E-state index contributed by atoms with van der Waals surface area (Å²) in [7, 11) is 0. The van der Waals surface area contributed by atoms with E-state index < -0.39 is 12.1 Å². The average Bonchev–Trinajstić information content (AvgIpc) is 1.98. The molecule has 4 nitrogen and oxygen atoms in total. The summed E-state index contributed by atoms with van der Waals surface area (Å²) in [4.78, 5) is 11.2. The highest BCUT2D eigenvalue weighted by molar-refractivity contribution is 5.81. The van der Waals surface area contributed by atoms with Crippen LogP contribution < -0.4 is 11.1 Å². The van der Waals surface area contributed by atoms with Gasteiger partial charge >= 0.3 is 0 Å². The summed E-state index contributed by atoms with van der Waals surface area (Å²) in [6.07, 6.45) is 0.154. The first-order valence-corrected chi connectivity index (χ1v) is 4.64. The highest BCUT2D eigenvalue weighted by Crippen LogP contribution is 2.02. The molecule has 0 aromatic carbocycles. The van der Waals surface area contributed by atoms with Crippen molar-refractivity contribution in [1.29, 1.82) is 0 Å². The summed E-state index contributed by atoms with van der Waals surface area (Å²) in [5.74, 6) is 0.224. The highest BCUT2D eigenvalue weighted by Gasteiger charge is 2.14. The highest BCUT2D eigenvalue weighted by atomic mass is 16.3. The fourth-order valence-electron chi connectivity index (χ4n) is 0.994. The first-order valence-electron chi connectivity index (χ1n) is 4.64. The maximum absolute atomic E-state index is 11.2. The molecule has 0 fully saturated rings. The van der Waals surface area contributed by atoms with Gasteiger partial charge in [0.05, 0.1) is 12.1 Å². The van der Waals surface area contributed by atoms with Crippen molar-refractivity contribution < 1.29 is 9.90 Å². The van der Waals surface area contributed by atoms with Crippen LogP contribution in [0.4, 0.5) is 0 Å². The Morgan fingerprint density at radius 1 is 1.46 bits per heavy atom. The van der Waals surface area contributed by atoms with Gasteiger partial charge in [0.2, 0.25) is 5.91 Å². The van der Waals surface area contributed by atoms with Gasteiger partial charge in [-0.1, -0.05) is 13.8 Å². The van der Waals surface area contributed by atoms with Gasteiger partial charge < -0.3 is 16.2 Å². The van der Waals surface area contributed by atoms with Crippen LogP contribution in [0, 0.1) is 5.92 Å². The van der Waals surface area contributed by atoms with Gasteiger partial charge in [0, 0.05) is 6.54 Å². The molecule has 0 aliphatic carbocycles. The van der Waals surface area contributed by atoms with Gasteiger partial charge in [-0.05, 0) is 19.3 Å². The summed E-state index contributed by atoms with van der Waals surface area (Å²) in [6.45, 7) is 5.92. The molecule has 13 heavy (non-hydrogen) atoms. The Balaban J connectivity index is 3.69. The number of nitrogens with two attached hydrogens (primary N) is 1. The van der Waals surface area contributed by atoms with Crippen LogP contribution in [0.25, 0.3) is 0 Å². The third kappa shape index (κ3) is 6.54. The van der Waals surface area contributed by atoms with Crippen molar-refractivity contribution in [1.82, 2.24) is 5.32 Å². The van der Waals surface area contributed by atoms with E-state index in [1.54, 1.807) is 6.92 Å². The smallest absolute Gasteiger partial charge is 0.237 e. The van der Waals surface area contributed by atoms with E-state index >= 15 is 0 Å². The molecule has 0 aromatic heterocycles. The zero-order valence-corrected chi connectivity index (χ0v) is 8.58. The third-order valence-corrected chi connectivity index (χ3v) is 1.63. The first kappa shape index (κ1) is 12.4. The minimum atomic E-state index is -0.518. The summed E-state index contributed by atoms with van der Waals surface area (Å²) in [5.41, 5.74) is 5.61. The van der Waals surface area contributed by atoms with E-state index in [9.17, 15) is 4.79 Å². The van der Waals surface area contributed by atoms with Crippen LogP contribution in [0.5, 0.6) is 0 Å². The summed E-state index contributed by atoms with van der Waals surface area (Å²) in [5, 5.41) is 11.5. The van der Waals surface area contributed by atoms with Crippen molar-refractivity contribution in [2.24, 2.45) is 11.7 Å². The first-order chi connectivity index (χ1) is 5.93. The number of aliphatic hydroxyl groups is 1. The van der Waals surface area contributed by atoms with Crippen LogP contribution in [0.15, 0.2) is 0 Å². The molecule has 2 atom stereocenters. The minimum Gasteiger partial charge on any atom is -0.392 e. The summed E-state index contributed by atoms with van der Waals surface area (Å²) >= 11 is 0. The molecule has 0 radical (unpaired) electrons. The Labute approximate surface area is 79.5 Å². The molecule has 0 heterocycles. The molecule has 0 aliphatic heterocycles. The number of nitrogens with one attached hydrogen (secondary N) is 1. The van der Waals surface area contributed by atoms with E-state index in [-0.39, 0.29) is 12.5 Å². The van der Waals surface area contributed by atoms with Crippen molar-refractivity contribution in [3.63, 3.8) is 0 Å². The van der Waals surface area contributed by atoms with Crippen molar-refractivity contribution in [2.45, 2.75) is 39.3 Å². The molecule has 0 spiro atoms. The molecule has 0 aliphatic rings. The van der Waals surface area contributed by atoms with Gasteiger partial charge in [-0.3, -0.25) is 4.79 Å². The largest absolute Gasteiger partial charge is 0.392 e. The lowest BCUT2D eigenvalue weighted by atomic mass is 10.0.